The molecule has 1 N–H and O–H groups in total. The van der Waals surface area contributed by atoms with Gasteiger partial charge in [0.2, 0.25) is 17.1 Å². The first-order valence-electron chi connectivity index (χ1n) is 7.77. The summed E-state index contributed by atoms with van der Waals surface area (Å²) in [6.45, 7) is 0.226. The van der Waals surface area contributed by atoms with E-state index in [-0.39, 0.29) is 24.0 Å². The largest absolute Gasteiger partial charge is 0.482 e. The third kappa shape index (κ3) is 4.07. The fourth-order valence-corrected chi connectivity index (χ4v) is 2.19. The Hall–Kier alpha value is -3.61. The lowest BCUT2D eigenvalue weighted by Gasteiger charge is -2.08. The molecule has 1 amide bonds. The number of carbonyl (C=O) groups is 1. The van der Waals surface area contributed by atoms with Crippen LogP contribution < -0.4 is 20.2 Å². The van der Waals surface area contributed by atoms with Gasteiger partial charge in [-0.3, -0.25) is 9.59 Å². The molecule has 0 saturated heterocycles. The topological polar surface area (TPSA) is 90.7 Å². The van der Waals surface area contributed by atoms with Crippen molar-refractivity contribution in [3.05, 3.63) is 82.5 Å². The lowest BCUT2D eigenvalue weighted by molar-refractivity contribution is 0.0993. The van der Waals surface area contributed by atoms with E-state index in [4.69, 9.17) is 13.9 Å². The quantitative estimate of drug-likeness (QED) is 0.733. The van der Waals surface area contributed by atoms with Gasteiger partial charge < -0.3 is 19.2 Å². The van der Waals surface area contributed by atoms with Crippen LogP contribution in [0.1, 0.15) is 16.1 Å². The highest BCUT2D eigenvalue weighted by Gasteiger charge is 2.14. The maximum atomic E-state index is 12.3. The van der Waals surface area contributed by atoms with Crippen molar-refractivity contribution >= 4 is 11.6 Å². The van der Waals surface area contributed by atoms with Gasteiger partial charge in [-0.15, -0.1) is 0 Å². The number of nitrogens with zero attached hydrogens (tertiary/aromatic N) is 1. The van der Waals surface area contributed by atoms with E-state index >= 15 is 0 Å². The Morgan fingerprint density at radius 1 is 1.19 bits per heavy atom. The molecule has 0 aliphatic heterocycles. The molecule has 132 valence electrons. The zero-order valence-corrected chi connectivity index (χ0v) is 14.0. The molecule has 7 nitrogen and oxygen atoms in total. The van der Waals surface area contributed by atoms with Gasteiger partial charge in [-0.2, -0.15) is 0 Å². The summed E-state index contributed by atoms with van der Waals surface area (Å²) >= 11 is 0. The molecule has 3 rings (SSSR count). The molecule has 7 heteroatoms. The second-order valence-corrected chi connectivity index (χ2v) is 5.26. The fourth-order valence-electron chi connectivity index (χ4n) is 2.19. The number of hydrogen-bond acceptors (Lipinski definition) is 6. The van der Waals surface area contributed by atoms with Crippen molar-refractivity contribution in [1.29, 1.82) is 0 Å². The highest BCUT2D eigenvalue weighted by Crippen LogP contribution is 2.20. The van der Waals surface area contributed by atoms with Gasteiger partial charge in [-0.1, -0.05) is 30.3 Å². The first-order chi connectivity index (χ1) is 12.7. The number of methoxy groups -OCH3 is 1. The van der Waals surface area contributed by atoms with E-state index < -0.39 is 11.3 Å². The molecular weight excluding hydrogens is 336 g/mol. The molecule has 3 aromatic rings. The standard InChI is InChI=1S/C19H16N2O5/c1-24-19-14(8-5-9-20-19)21-18(23)16-10-15(22)17(12-26-16)25-11-13-6-3-2-4-7-13/h2-10,12H,11H2,1H3,(H,21,23). The number of ether oxygens (including phenoxy) is 2. The van der Waals surface area contributed by atoms with Crippen LogP contribution in [-0.4, -0.2) is 18.0 Å². The lowest BCUT2D eigenvalue weighted by atomic mass is 10.2. The minimum Gasteiger partial charge on any atom is -0.482 e. The number of benzene rings is 1. The van der Waals surface area contributed by atoms with Crippen LogP contribution in [0.4, 0.5) is 5.69 Å². The van der Waals surface area contributed by atoms with E-state index in [1.54, 1.807) is 12.1 Å². The molecule has 0 radical (unpaired) electrons. The van der Waals surface area contributed by atoms with E-state index in [2.05, 4.69) is 10.3 Å². The molecule has 0 aliphatic rings. The lowest BCUT2D eigenvalue weighted by Crippen LogP contribution is -2.16. The predicted octanol–water partition coefficient (Wildman–Crippen LogP) is 2.87. The zero-order chi connectivity index (χ0) is 18.4. The van der Waals surface area contributed by atoms with Gasteiger partial charge in [0.25, 0.3) is 5.91 Å². The molecule has 0 spiro atoms. The third-order valence-electron chi connectivity index (χ3n) is 3.47. The van der Waals surface area contributed by atoms with E-state index in [0.29, 0.717) is 5.69 Å². The Balaban J connectivity index is 1.70. The zero-order valence-electron chi connectivity index (χ0n) is 14.0. The summed E-state index contributed by atoms with van der Waals surface area (Å²) in [6, 6.07) is 13.8. The van der Waals surface area contributed by atoms with Crippen LogP contribution in [0.15, 0.2) is 70.2 Å². The summed E-state index contributed by atoms with van der Waals surface area (Å²) in [5.41, 5.74) is 0.833. The third-order valence-corrected chi connectivity index (χ3v) is 3.47. The second-order valence-electron chi connectivity index (χ2n) is 5.26. The minimum absolute atomic E-state index is 0.0318. The average molecular weight is 352 g/mol. The van der Waals surface area contributed by atoms with E-state index in [9.17, 15) is 9.59 Å². The normalized spacial score (nSPS) is 10.2. The van der Waals surface area contributed by atoms with Crippen molar-refractivity contribution in [1.82, 2.24) is 4.98 Å². The number of pyridine rings is 1. The molecule has 2 heterocycles. The van der Waals surface area contributed by atoms with Crippen LogP contribution in [0.2, 0.25) is 0 Å². The number of amides is 1. The van der Waals surface area contributed by atoms with Crippen molar-refractivity contribution in [2.75, 3.05) is 12.4 Å². The SMILES string of the molecule is COc1ncccc1NC(=O)c1cc(=O)c(OCc2ccccc2)co1. The van der Waals surface area contributed by atoms with Crippen molar-refractivity contribution in [3.63, 3.8) is 0 Å². The highest BCUT2D eigenvalue weighted by atomic mass is 16.5. The number of hydrogen-bond donors (Lipinski definition) is 1. The summed E-state index contributed by atoms with van der Waals surface area (Å²) in [7, 11) is 1.44. The van der Waals surface area contributed by atoms with Gasteiger partial charge in [0.15, 0.2) is 5.76 Å². The maximum Gasteiger partial charge on any atom is 0.291 e. The second kappa shape index (κ2) is 7.98. The molecule has 0 fully saturated rings. The van der Waals surface area contributed by atoms with Gasteiger partial charge in [0.05, 0.1) is 7.11 Å². The summed E-state index contributed by atoms with van der Waals surface area (Å²) in [5.74, 6) is -0.452. The monoisotopic (exact) mass is 352 g/mol. The van der Waals surface area contributed by atoms with Crippen LogP contribution >= 0.6 is 0 Å². The number of anilines is 1. The van der Waals surface area contributed by atoms with Crippen molar-refractivity contribution in [3.8, 4) is 11.6 Å². The van der Waals surface area contributed by atoms with Gasteiger partial charge >= 0.3 is 0 Å². The fraction of sp³-hybridized carbons (Fsp3) is 0.105. The molecule has 0 bridgehead atoms. The molecule has 26 heavy (non-hydrogen) atoms. The Morgan fingerprint density at radius 2 is 2.00 bits per heavy atom. The Morgan fingerprint density at radius 3 is 2.73 bits per heavy atom. The van der Waals surface area contributed by atoms with E-state index in [1.165, 1.54) is 13.3 Å². The molecule has 1 aromatic carbocycles. The number of carbonyl (C=O) groups excluding carboxylic acids is 1. The maximum absolute atomic E-state index is 12.3. The molecule has 0 atom stereocenters. The predicted molar refractivity (Wildman–Crippen MR) is 94.5 cm³/mol. The summed E-state index contributed by atoms with van der Waals surface area (Å²) in [4.78, 5) is 28.4. The van der Waals surface area contributed by atoms with Gasteiger partial charge in [0, 0.05) is 12.3 Å². The Bertz CT molecular complexity index is 953. The first-order valence-corrected chi connectivity index (χ1v) is 7.77. The van der Waals surface area contributed by atoms with Crippen molar-refractivity contribution in [2.45, 2.75) is 6.61 Å². The first kappa shape index (κ1) is 17.2. The molecule has 0 unspecified atom stereocenters. The van der Waals surface area contributed by atoms with Gasteiger partial charge in [0.1, 0.15) is 18.6 Å². The Kier molecular flexibility index (Phi) is 5.28. The minimum atomic E-state index is -0.594. The van der Waals surface area contributed by atoms with Crippen LogP contribution in [0.5, 0.6) is 11.6 Å². The molecule has 0 aliphatic carbocycles. The highest BCUT2D eigenvalue weighted by molar-refractivity contribution is 6.02. The average Bonchev–Trinajstić information content (AvgIpc) is 2.68. The van der Waals surface area contributed by atoms with Crippen LogP contribution in [0.3, 0.4) is 0 Å². The molecular formula is C19H16N2O5. The molecule has 0 saturated carbocycles. The number of rotatable bonds is 6. The molecule has 2 aromatic heterocycles. The summed E-state index contributed by atoms with van der Waals surface area (Å²) in [6.07, 6.45) is 2.66. The van der Waals surface area contributed by atoms with Crippen LogP contribution in [0.25, 0.3) is 0 Å². The van der Waals surface area contributed by atoms with E-state index in [1.807, 2.05) is 30.3 Å². The number of aromatic nitrogens is 1. The van der Waals surface area contributed by atoms with Crippen LogP contribution in [-0.2, 0) is 6.61 Å². The van der Waals surface area contributed by atoms with Gasteiger partial charge in [-0.25, -0.2) is 4.98 Å². The number of nitrogens with one attached hydrogen (secondary N) is 1. The van der Waals surface area contributed by atoms with Crippen molar-refractivity contribution < 1.29 is 18.7 Å². The van der Waals surface area contributed by atoms with Gasteiger partial charge in [-0.05, 0) is 17.7 Å². The van der Waals surface area contributed by atoms with Crippen LogP contribution in [0, 0.1) is 0 Å². The Labute approximate surface area is 149 Å². The van der Waals surface area contributed by atoms with E-state index in [0.717, 1.165) is 17.9 Å². The smallest absolute Gasteiger partial charge is 0.291 e. The summed E-state index contributed by atoms with van der Waals surface area (Å²) < 4.78 is 15.7. The van der Waals surface area contributed by atoms with Crippen molar-refractivity contribution in [2.24, 2.45) is 0 Å². The summed E-state index contributed by atoms with van der Waals surface area (Å²) in [5, 5.41) is 2.58.